The van der Waals surface area contributed by atoms with Crippen LogP contribution in [0.15, 0.2) is 53.4 Å². The average Bonchev–Trinajstić information content (AvgIpc) is 2.96. The number of carbonyl (C=O) groups excluding carboxylic acids is 2. The van der Waals surface area contributed by atoms with E-state index >= 15 is 0 Å². The molecule has 1 aliphatic heterocycles. The molecule has 0 spiro atoms. The Morgan fingerprint density at radius 1 is 1.11 bits per heavy atom. The van der Waals surface area contributed by atoms with E-state index < -0.39 is 17.1 Å². The minimum Gasteiger partial charge on any atom is -0.495 e. The van der Waals surface area contributed by atoms with E-state index in [-0.39, 0.29) is 17.9 Å². The summed E-state index contributed by atoms with van der Waals surface area (Å²) in [5.41, 5.74) is 0.959. The van der Waals surface area contributed by atoms with Crippen LogP contribution < -0.4 is 14.4 Å². The van der Waals surface area contributed by atoms with E-state index in [4.69, 9.17) is 14.6 Å². The molecule has 144 valence electrons. The van der Waals surface area contributed by atoms with Crippen molar-refractivity contribution in [3.63, 3.8) is 0 Å². The molecular weight excluding hydrogens is 382 g/mol. The van der Waals surface area contributed by atoms with Gasteiger partial charge in [0.2, 0.25) is 0 Å². The molecule has 28 heavy (non-hydrogen) atoms. The highest BCUT2D eigenvalue weighted by Crippen LogP contribution is 2.40. The van der Waals surface area contributed by atoms with Gasteiger partial charge < -0.3 is 14.6 Å². The number of para-hydroxylation sites is 3. The largest absolute Gasteiger partial charge is 0.495 e. The number of benzene rings is 2. The molecule has 3 rings (SSSR count). The van der Waals surface area contributed by atoms with Gasteiger partial charge in [-0.3, -0.25) is 14.4 Å². The molecule has 1 aliphatic rings. The number of imide groups is 1. The van der Waals surface area contributed by atoms with Crippen LogP contribution in [0.3, 0.4) is 0 Å². The second-order valence-corrected chi connectivity index (χ2v) is 6.71. The summed E-state index contributed by atoms with van der Waals surface area (Å²) in [6, 6.07) is 13.7. The van der Waals surface area contributed by atoms with E-state index in [0.29, 0.717) is 22.7 Å². The first-order valence-corrected chi connectivity index (χ1v) is 9.17. The van der Waals surface area contributed by atoms with Crippen molar-refractivity contribution in [2.75, 3.05) is 18.6 Å². The van der Waals surface area contributed by atoms with Crippen LogP contribution in [0.5, 0.6) is 11.5 Å². The first kappa shape index (κ1) is 19.5. The van der Waals surface area contributed by atoms with Crippen LogP contribution in [-0.2, 0) is 9.59 Å². The third kappa shape index (κ3) is 4.17. The number of nitrogens with zero attached hydrogens (tertiary/aromatic N) is 1. The topological polar surface area (TPSA) is 93.1 Å². The summed E-state index contributed by atoms with van der Waals surface area (Å²) in [7, 11) is 1.47. The summed E-state index contributed by atoms with van der Waals surface area (Å²) in [6.07, 6.45) is 1.43. The summed E-state index contributed by atoms with van der Waals surface area (Å²) in [4.78, 5) is 37.3. The maximum Gasteiger partial charge on any atom is 0.306 e. The van der Waals surface area contributed by atoms with Gasteiger partial charge in [0, 0.05) is 5.56 Å². The Hall–Kier alpha value is -3.26. The molecular formula is C20H17NO6S. The summed E-state index contributed by atoms with van der Waals surface area (Å²) in [6.45, 7) is 0.00286. The van der Waals surface area contributed by atoms with Crippen LogP contribution in [0.25, 0.3) is 6.08 Å². The van der Waals surface area contributed by atoms with E-state index in [0.717, 1.165) is 16.7 Å². The van der Waals surface area contributed by atoms with Gasteiger partial charge >= 0.3 is 5.97 Å². The monoisotopic (exact) mass is 399 g/mol. The number of thioether (sulfide) groups is 1. The van der Waals surface area contributed by atoms with Crippen molar-refractivity contribution in [1.29, 1.82) is 0 Å². The maximum atomic E-state index is 12.8. The van der Waals surface area contributed by atoms with Gasteiger partial charge in [0.05, 0.1) is 30.7 Å². The lowest BCUT2D eigenvalue weighted by atomic mass is 10.1. The third-order valence-electron chi connectivity index (χ3n) is 3.90. The van der Waals surface area contributed by atoms with Crippen molar-refractivity contribution in [3.8, 4) is 11.5 Å². The quantitative estimate of drug-likeness (QED) is 0.708. The second kappa shape index (κ2) is 8.62. The van der Waals surface area contributed by atoms with Crippen molar-refractivity contribution < 1.29 is 29.0 Å². The van der Waals surface area contributed by atoms with E-state index in [9.17, 15) is 14.4 Å². The van der Waals surface area contributed by atoms with Crippen molar-refractivity contribution in [3.05, 3.63) is 59.0 Å². The van der Waals surface area contributed by atoms with Gasteiger partial charge in [-0.1, -0.05) is 30.3 Å². The molecule has 0 unspecified atom stereocenters. The summed E-state index contributed by atoms with van der Waals surface area (Å²) >= 11 is 0.821. The summed E-state index contributed by atoms with van der Waals surface area (Å²) in [5.74, 6) is -0.563. The second-order valence-electron chi connectivity index (χ2n) is 5.72. The number of aliphatic carboxylic acids is 1. The number of rotatable bonds is 7. The molecule has 0 atom stereocenters. The minimum atomic E-state index is -0.963. The third-order valence-corrected chi connectivity index (χ3v) is 4.77. The van der Waals surface area contributed by atoms with Crippen molar-refractivity contribution in [2.45, 2.75) is 6.42 Å². The Kier molecular flexibility index (Phi) is 6.00. The highest BCUT2D eigenvalue weighted by atomic mass is 32.2. The number of carboxylic acids is 1. The van der Waals surface area contributed by atoms with Crippen molar-refractivity contribution in [2.24, 2.45) is 0 Å². The Balaban J connectivity index is 1.87. The lowest BCUT2D eigenvalue weighted by Crippen LogP contribution is -2.28. The van der Waals surface area contributed by atoms with Crippen LogP contribution in [0.4, 0.5) is 10.5 Å². The lowest BCUT2D eigenvalue weighted by molar-refractivity contribution is -0.137. The first-order chi connectivity index (χ1) is 13.5. The van der Waals surface area contributed by atoms with Gasteiger partial charge in [-0.05, 0) is 36.0 Å². The summed E-state index contributed by atoms with van der Waals surface area (Å²) in [5, 5.41) is 8.32. The van der Waals surface area contributed by atoms with E-state index in [1.165, 1.54) is 7.11 Å². The van der Waals surface area contributed by atoms with Gasteiger partial charge in [0.25, 0.3) is 11.1 Å². The zero-order valence-electron chi connectivity index (χ0n) is 15.0. The van der Waals surface area contributed by atoms with Crippen LogP contribution in [-0.4, -0.2) is 35.9 Å². The van der Waals surface area contributed by atoms with Crippen LogP contribution >= 0.6 is 11.8 Å². The van der Waals surface area contributed by atoms with E-state index in [1.54, 1.807) is 54.6 Å². The molecule has 1 fully saturated rings. The number of hydrogen-bond donors (Lipinski definition) is 1. The highest BCUT2D eigenvalue weighted by molar-refractivity contribution is 8.19. The molecule has 1 N–H and O–H groups in total. The molecule has 0 aromatic heterocycles. The van der Waals surface area contributed by atoms with Crippen molar-refractivity contribution in [1.82, 2.24) is 0 Å². The molecule has 1 saturated heterocycles. The molecule has 0 bridgehead atoms. The van der Waals surface area contributed by atoms with Crippen LogP contribution in [0.2, 0.25) is 0 Å². The van der Waals surface area contributed by atoms with E-state index in [2.05, 4.69) is 0 Å². The first-order valence-electron chi connectivity index (χ1n) is 8.36. The SMILES string of the molecule is COc1ccccc1N1C(=O)S/C(=C/c2ccccc2OCCC(=O)O)C1=O. The molecule has 2 aromatic carbocycles. The minimum absolute atomic E-state index is 0.00286. The Bertz CT molecular complexity index is 955. The molecule has 0 saturated carbocycles. The molecule has 0 aliphatic carbocycles. The predicted octanol–water partition coefficient (Wildman–Crippen LogP) is 3.79. The molecule has 2 amide bonds. The molecule has 1 heterocycles. The van der Waals surface area contributed by atoms with Crippen LogP contribution in [0, 0.1) is 0 Å². The summed E-state index contributed by atoms with van der Waals surface area (Å²) < 4.78 is 10.8. The number of anilines is 1. The zero-order valence-corrected chi connectivity index (χ0v) is 15.8. The van der Waals surface area contributed by atoms with Gasteiger partial charge in [0.1, 0.15) is 11.5 Å². The zero-order chi connectivity index (χ0) is 20.1. The number of carbonyl (C=O) groups is 3. The number of carboxylic acid groups (broad SMARTS) is 1. The Morgan fingerprint density at radius 3 is 2.50 bits per heavy atom. The maximum absolute atomic E-state index is 12.8. The molecule has 8 heteroatoms. The highest BCUT2D eigenvalue weighted by Gasteiger charge is 2.37. The number of methoxy groups -OCH3 is 1. The normalized spacial score (nSPS) is 15.2. The Labute approximate surface area is 165 Å². The smallest absolute Gasteiger partial charge is 0.306 e. The van der Waals surface area contributed by atoms with E-state index in [1.807, 2.05) is 0 Å². The number of hydrogen-bond acceptors (Lipinski definition) is 6. The Morgan fingerprint density at radius 2 is 1.79 bits per heavy atom. The average molecular weight is 399 g/mol. The predicted molar refractivity (Wildman–Crippen MR) is 106 cm³/mol. The molecule has 0 radical (unpaired) electrons. The fraction of sp³-hybridized carbons (Fsp3) is 0.150. The number of ether oxygens (including phenoxy) is 2. The van der Waals surface area contributed by atoms with Gasteiger partial charge in [-0.25, -0.2) is 4.90 Å². The molecule has 2 aromatic rings. The fourth-order valence-electron chi connectivity index (χ4n) is 2.61. The fourth-order valence-corrected chi connectivity index (χ4v) is 3.44. The number of amides is 2. The van der Waals surface area contributed by atoms with Crippen LogP contribution in [0.1, 0.15) is 12.0 Å². The lowest BCUT2D eigenvalue weighted by Gasteiger charge is -2.15. The van der Waals surface area contributed by atoms with Crippen molar-refractivity contribution >= 4 is 40.6 Å². The van der Waals surface area contributed by atoms with Gasteiger partial charge in [0.15, 0.2) is 0 Å². The standard InChI is InChI=1S/C20H17NO6S/c1-26-16-9-5-3-7-14(16)21-19(24)17(28-20(21)25)12-13-6-2-4-8-15(13)27-11-10-18(22)23/h2-9,12H,10-11H2,1H3,(H,22,23)/b17-12+. The molecule has 7 nitrogen and oxygen atoms in total. The van der Waals surface area contributed by atoms with Gasteiger partial charge in [-0.15, -0.1) is 0 Å². The van der Waals surface area contributed by atoms with Gasteiger partial charge in [-0.2, -0.15) is 0 Å².